The number of nitro groups is 1. The standard InChI is InChI=1S/C28H34N6O12S/c1-15-20(23(37)33(15)45-12-19(35)43-14-44-24(38)27(2,3)4)31-22(36)21(18-13-47-26(29)30-18)32-46-28(5,6)25(39)42-11-16-7-9-17(10-8-16)34(40)41/h7-10,13,15,20H,11-12,14H2,1-6H3,(H2,29,30)(H,31,36)/b32-21-/t15-,20-/m0/s1. The molecule has 3 rings (SSSR count). The zero-order chi connectivity index (χ0) is 35.1. The van der Waals surface area contributed by atoms with Gasteiger partial charge >= 0.3 is 17.9 Å². The van der Waals surface area contributed by atoms with E-state index >= 15 is 0 Å². The smallest absolute Gasteiger partial charge is 0.353 e. The Morgan fingerprint density at radius 2 is 1.74 bits per heavy atom. The van der Waals surface area contributed by atoms with Gasteiger partial charge in [0, 0.05) is 17.5 Å². The fourth-order valence-electron chi connectivity index (χ4n) is 3.53. The van der Waals surface area contributed by atoms with E-state index in [1.807, 2.05) is 0 Å². The van der Waals surface area contributed by atoms with E-state index < -0.39 is 76.9 Å². The summed E-state index contributed by atoms with van der Waals surface area (Å²) in [6.45, 7) is 7.60. The van der Waals surface area contributed by atoms with Gasteiger partial charge in [-0.1, -0.05) is 5.16 Å². The Hall–Kier alpha value is -5.17. The van der Waals surface area contributed by atoms with E-state index in [0.29, 0.717) is 5.56 Å². The highest BCUT2D eigenvalue weighted by Crippen LogP contribution is 2.22. The Balaban J connectivity index is 1.58. The Morgan fingerprint density at radius 3 is 2.30 bits per heavy atom. The lowest BCUT2D eigenvalue weighted by Gasteiger charge is -2.43. The van der Waals surface area contributed by atoms with Crippen LogP contribution in [-0.4, -0.2) is 81.5 Å². The third kappa shape index (κ3) is 9.66. The van der Waals surface area contributed by atoms with E-state index in [4.69, 9.17) is 29.6 Å². The van der Waals surface area contributed by atoms with E-state index in [1.54, 1.807) is 27.7 Å². The van der Waals surface area contributed by atoms with Crippen molar-refractivity contribution >= 4 is 57.6 Å². The van der Waals surface area contributed by atoms with Gasteiger partial charge in [0.1, 0.15) is 18.3 Å². The minimum atomic E-state index is -1.71. The summed E-state index contributed by atoms with van der Waals surface area (Å²) in [6.07, 6.45) is 0. The van der Waals surface area contributed by atoms with Crippen LogP contribution in [0.3, 0.4) is 0 Å². The number of nitrogens with one attached hydrogen (secondary N) is 1. The molecule has 1 aromatic heterocycles. The van der Waals surface area contributed by atoms with Crippen LogP contribution in [0.15, 0.2) is 34.8 Å². The van der Waals surface area contributed by atoms with Gasteiger partial charge in [-0.3, -0.25) is 29.3 Å². The monoisotopic (exact) mass is 678 g/mol. The second kappa shape index (κ2) is 14.9. The molecule has 1 aliphatic rings. The van der Waals surface area contributed by atoms with Crippen LogP contribution in [0.5, 0.6) is 0 Å². The number of hydrogen-bond donors (Lipinski definition) is 2. The van der Waals surface area contributed by atoms with Crippen molar-refractivity contribution in [1.82, 2.24) is 15.4 Å². The number of carbonyl (C=O) groups excluding carboxylic acids is 5. The number of aromatic nitrogens is 1. The predicted molar refractivity (Wildman–Crippen MR) is 162 cm³/mol. The molecule has 0 aliphatic carbocycles. The lowest BCUT2D eigenvalue weighted by molar-refractivity contribution is -0.384. The number of nitro benzene ring substituents is 1. The number of hydrogen-bond acceptors (Lipinski definition) is 16. The van der Waals surface area contributed by atoms with E-state index in [-0.39, 0.29) is 23.1 Å². The summed E-state index contributed by atoms with van der Waals surface area (Å²) in [6, 6.07) is 3.57. The Labute approximate surface area is 272 Å². The third-order valence-electron chi connectivity index (χ3n) is 6.32. The number of non-ortho nitro benzene ring substituents is 1. The number of ether oxygens (including phenoxy) is 3. The first-order chi connectivity index (χ1) is 21.9. The normalized spacial score (nSPS) is 16.5. The molecule has 0 bridgehead atoms. The number of rotatable bonds is 14. The lowest BCUT2D eigenvalue weighted by Crippen LogP contribution is -2.70. The van der Waals surface area contributed by atoms with Gasteiger partial charge in [0.2, 0.25) is 12.4 Å². The molecule has 0 saturated carbocycles. The van der Waals surface area contributed by atoms with Gasteiger partial charge in [0.15, 0.2) is 17.5 Å². The van der Waals surface area contributed by atoms with Crippen LogP contribution >= 0.6 is 11.3 Å². The minimum Gasteiger partial charge on any atom is -0.458 e. The topological polar surface area (TPSA) is 241 Å². The van der Waals surface area contributed by atoms with Crippen molar-refractivity contribution in [2.45, 2.75) is 65.8 Å². The number of anilines is 1. The molecular formula is C28H34N6O12S. The van der Waals surface area contributed by atoms with Crippen molar-refractivity contribution in [1.29, 1.82) is 0 Å². The van der Waals surface area contributed by atoms with E-state index in [2.05, 4.69) is 15.5 Å². The number of amides is 2. The van der Waals surface area contributed by atoms with E-state index in [1.165, 1.54) is 43.5 Å². The van der Waals surface area contributed by atoms with E-state index in [9.17, 15) is 34.1 Å². The van der Waals surface area contributed by atoms with Gasteiger partial charge < -0.3 is 30.1 Å². The van der Waals surface area contributed by atoms with Crippen molar-refractivity contribution in [3.63, 3.8) is 0 Å². The summed E-state index contributed by atoms with van der Waals surface area (Å²) >= 11 is 1.01. The van der Waals surface area contributed by atoms with Crippen molar-refractivity contribution in [3.05, 3.63) is 51.0 Å². The summed E-state index contributed by atoms with van der Waals surface area (Å²) in [7, 11) is 0. The van der Waals surface area contributed by atoms with Crippen LogP contribution in [0.1, 0.15) is 52.8 Å². The Kier molecular flexibility index (Phi) is 11.5. The molecule has 1 aliphatic heterocycles. The van der Waals surface area contributed by atoms with Crippen LogP contribution in [-0.2, 0) is 54.5 Å². The first kappa shape index (κ1) is 36.3. The number of oxime groups is 1. The highest BCUT2D eigenvalue weighted by Gasteiger charge is 2.47. The number of β-lactam (4-membered cyclic amide) rings is 1. The number of hydroxylamine groups is 2. The minimum absolute atomic E-state index is 0.00230. The summed E-state index contributed by atoms with van der Waals surface area (Å²) in [5.74, 6) is -3.92. The molecule has 2 heterocycles. The molecule has 1 aromatic carbocycles. The molecule has 2 amide bonds. The second-order valence-electron chi connectivity index (χ2n) is 11.6. The molecule has 1 saturated heterocycles. The molecule has 0 spiro atoms. The quantitative estimate of drug-likeness (QED) is 0.0721. The molecule has 18 nitrogen and oxygen atoms in total. The molecule has 47 heavy (non-hydrogen) atoms. The number of carbonyl (C=O) groups is 5. The summed E-state index contributed by atoms with van der Waals surface area (Å²) in [5, 5.41) is 19.6. The predicted octanol–water partition coefficient (Wildman–Crippen LogP) is 1.61. The van der Waals surface area contributed by atoms with Gasteiger partial charge in [-0.25, -0.2) is 19.6 Å². The average Bonchev–Trinajstić information content (AvgIpc) is 3.43. The molecule has 19 heteroatoms. The van der Waals surface area contributed by atoms with Gasteiger partial charge in [0.25, 0.3) is 17.5 Å². The van der Waals surface area contributed by atoms with Gasteiger partial charge in [0.05, 0.1) is 16.4 Å². The van der Waals surface area contributed by atoms with Crippen LogP contribution in [0, 0.1) is 15.5 Å². The molecular weight excluding hydrogens is 644 g/mol. The molecule has 2 atom stereocenters. The highest BCUT2D eigenvalue weighted by molar-refractivity contribution is 7.13. The number of nitrogens with two attached hydrogens (primary N) is 1. The zero-order valence-electron chi connectivity index (χ0n) is 26.3. The summed E-state index contributed by atoms with van der Waals surface area (Å²) in [4.78, 5) is 87.3. The largest absolute Gasteiger partial charge is 0.458 e. The number of nitrogen functional groups attached to an aromatic ring is 1. The molecule has 254 valence electrons. The number of benzene rings is 1. The fourth-order valence-corrected chi connectivity index (χ4v) is 4.08. The molecule has 1 fully saturated rings. The highest BCUT2D eigenvalue weighted by atomic mass is 32.1. The van der Waals surface area contributed by atoms with Crippen LogP contribution in [0.4, 0.5) is 10.8 Å². The Morgan fingerprint density at radius 1 is 1.09 bits per heavy atom. The van der Waals surface area contributed by atoms with E-state index in [0.717, 1.165) is 16.4 Å². The Bertz CT molecular complexity index is 1550. The van der Waals surface area contributed by atoms with Crippen LogP contribution < -0.4 is 11.1 Å². The number of thiazole rings is 1. The molecule has 0 unspecified atom stereocenters. The van der Waals surface area contributed by atoms with Crippen molar-refractivity contribution in [2.24, 2.45) is 10.6 Å². The first-order valence-corrected chi connectivity index (χ1v) is 14.8. The number of esters is 3. The van der Waals surface area contributed by atoms with Gasteiger partial charge in [-0.2, -0.15) is 0 Å². The van der Waals surface area contributed by atoms with Gasteiger partial charge in [-0.15, -0.1) is 11.3 Å². The maximum absolute atomic E-state index is 13.2. The molecule has 3 N–H and O–H groups in total. The van der Waals surface area contributed by atoms with Crippen molar-refractivity contribution in [2.75, 3.05) is 19.1 Å². The summed E-state index contributed by atoms with van der Waals surface area (Å²) in [5.41, 5.74) is 3.18. The maximum Gasteiger partial charge on any atom is 0.353 e. The third-order valence-corrected chi connectivity index (χ3v) is 6.99. The van der Waals surface area contributed by atoms with Crippen LogP contribution in [0.25, 0.3) is 0 Å². The molecule has 2 aromatic rings. The van der Waals surface area contributed by atoms with Crippen molar-refractivity contribution < 1.29 is 52.8 Å². The number of nitrogens with zero attached hydrogens (tertiary/aromatic N) is 4. The van der Waals surface area contributed by atoms with Crippen molar-refractivity contribution in [3.8, 4) is 0 Å². The zero-order valence-corrected chi connectivity index (χ0v) is 27.2. The van der Waals surface area contributed by atoms with Gasteiger partial charge in [-0.05, 0) is 59.2 Å². The second-order valence-corrected chi connectivity index (χ2v) is 12.4. The fraction of sp³-hybridized carbons (Fsp3) is 0.464. The SMILES string of the molecule is C[C@H]1[C@H](NC(=O)/C(=N\OC(C)(C)C(=O)OCc2ccc([N+](=O)[O-])cc2)c2csc(N)n2)C(=O)N1OCC(=O)OCOC(=O)C(C)(C)C. The summed E-state index contributed by atoms with van der Waals surface area (Å²) < 4.78 is 14.9. The maximum atomic E-state index is 13.2. The first-order valence-electron chi connectivity index (χ1n) is 13.9. The molecule has 0 radical (unpaired) electrons. The average molecular weight is 679 g/mol. The lowest BCUT2D eigenvalue weighted by atomic mass is 9.98. The van der Waals surface area contributed by atoms with Crippen LogP contribution in [0.2, 0.25) is 0 Å².